The van der Waals surface area contributed by atoms with Crippen LogP contribution in [-0.2, 0) is 9.53 Å². The predicted molar refractivity (Wildman–Crippen MR) is 115 cm³/mol. The summed E-state index contributed by atoms with van der Waals surface area (Å²) >= 11 is 1.59. The Labute approximate surface area is 173 Å². The fourth-order valence-electron chi connectivity index (χ4n) is 2.45. The van der Waals surface area contributed by atoms with E-state index in [4.69, 9.17) is 4.74 Å². The number of nitrogens with one attached hydrogen (secondary N) is 3. The van der Waals surface area contributed by atoms with Crippen molar-refractivity contribution >= 4 is 29.4 Å². The molecule has 0 radical (unpaired) electrons. The molecule has 2 aromatic rings. The van der Waals surface area contributed by atoms with Crippen molar-refractivity contribution in [3.8, 4) is 11.3 Å². The molecule has 0 aliphatic carbocycles. The molecule has 0 saturated heterocycles. The number of aromatic nitrogens is 2. The quantitative estimate of drug-likeness (QED) is 0.637. The van der Waals surface area contributed by atoms with Gasteiger partial charge in [0.1, 0.15) is 11.6 Å². The van der Waals surface area contributed by atoms with Gasteiger partial charge in [0.05, 0.1) is 5.69 Å². The number of hydrogen-bond acceptors (Lipinski definition) is 6. The van der Waals surface area contributed by atoms with Gasteiger partial charge in [0.2, 0.25) is 5.91 Å². The fourth-order valence-corrected chi connectivity index (χ4v) is 2.92. The van der Waals surface area contributed by atoms with Crippen LogP contribution in [0, 0.1) is 0 Å². The molecule has 0 bridgehead atoms. The topological polar surface area (TPSA) is 113 Å². The minimum atomic E-state index is -0.729. The van der Waals surface area contributed by atoms with Crippen molar-refractivity contribution in [2.24, 2.45) is 0 Å². The average molecular weight is 419 g/mol. The number of aromatic amines is 1. The first-order valence-electron chi connectivity index (χ1n) is 9.13. The maximum atomic E-state index is 12.8. The number of nitrogens with zero attached hydrogens (tertiary/aromatic N) is 1. The summed E-state index contributed by atoms with van der Waals surface area (Å²) < 4.78 is 5.26. The second-order valence-corrected chi connectivity index (χ2v) is 8.34. The standard InChI is InChI=1S/C20H26N4O4S/c1-20(2,3)28-19(27)22-16(10-11-29-4)18(26)21-14-7-5-6-13(12-14)15-8-9-17(25)24-23-15/h5-9,12,16H,10-11H2,1-4H3,(H,21,26)(H,22,27)(H,24,25). The Morgan fingerprint density at radius 2 is 2.00 bits per heavy atom. The maximum Gasteiger partial charge on any atom is 0.408 e. The molecular weight excluding hydrogens is 392 g/mol. The first kappa shape index (κ1) is 22.5. The highest BCUT2D eigenvalue weighted by molar-refractivity contribution is 7.98. The van der Waals surface area contributed by atoms with Crippen LogP contribution in [0.25, 0.3) is 11.3 Å². The van der Waals surface area contributed by atoms with Crippen molar-refractivity contribution < 1.29 is 14.3 Å². The second kappa shape index (κ2) is 10.1. The summed E-state index contributed by atoms with van der Waals surface area (Å²) in [5.41, 5.74) is 0.929. The molecule has 0 fully saturated rings. The predicted octanol–water partition coefficient (Wildman–Crippen LogP) is 3.02. The summed E-state index contributed by atoms with van der Waals surface area (Å²) in [7, 11) is 0. The zero-order valence-corrected chi connectivity index (χ0v) is 17.8. The molecule has 0 aliphatic heterocycles. The molecule has 0 saturated carbocycles. The van der Waals surface area contributed by atoms with Crippen LogP contribution in [0.15, 0.2) is 41.2 Å². The number of amides is 2. The second-order valence-electron chi connectivity index (χ2n) is 7.36. The molecule has 1 atom stereocenters. The van der Waals surface area contributed by atoms with E-state index in [9.17, 15) is 14.4 Å². The van der Waals surface area contributed by atoms with Crippen LogP contribution in [0.1, 0.15) is 27.2 Å². The summed E-state index contributed by atoms with van der Waals surface area (Å²) in [5.74, 6) is 0.367. The number of thioether (sulfide) groups is 1. The van der Waals surface area contributed by atoms with Gasteiger partial charge in [-0.1, -0.05) is 12.1 Å². The van der Waals surface area contributed by atoms with Crippen LogP contribution in [0.3, 0.4) is 0 Å². The lowest BCUT2D eigenvalue weighted by Crippen LogP contribution is -2.46. The van der Waals surface area contributed by atoms with Crippen molar-refractivity contribution in [2.45, 2.75) is 38.8 Å². The van der Waals surface area contributed by atoms with Gasteiger partial charge in [-0.3, -0.25) is 9.59 Å². The zero-order chi connectivity index (χ0) is 21.4. The fraction of sp³-hybridized carbons (Fsp3) is 0.400. The van der Waals surface area contributed by atoms with Crippen LogP contribution in [0.5, 0.6) is 0 Å². The Hall–Kier alpha value is -2.81. The molecule has 8 nitrogen and oxygen atoms in total. The Morgan fingerprint density at radius 1 is 1.24 bits per heavy atom. The van der Waals surface area contributed by atoms with E-state index < -0.39 is 17.7 Å². The highest BCUT2D eigenvalue weighted by Crippen LogP contribution is 2.20. The molecule has 2 rings (SSSR count). The monoisotopic (exact) mass is 418 g/mol. The Balaban J connectivity index is 2.11. The lowest BCUT2D eigenvalue weighted by atomic mass is 10.1. The molecule has 29 heavy (non-hydrogen) atoms. The van der Waals surface area contributed by atoms with E-state index in [2.05, 4.69) is 20.8 Å². The minimum absolute atomic E-state index is 0.289. The molecule has 1 heterocycles. The van der Waals surface area contributed by atoms with Gasteiger partial charge in [0.15, 0.2) is 0 Å². The molecule has 156 valence electrons. The molecule has 0 aliphatic rings. The smallest absolute Gasteiger partial charge is 0.408 e. The van der Waals surface area contributed by atoms with E-state index in [1.54, 1.807) is 56.8 Å². The van der Waals surface area contributed by atoms with Gasteiger partial charge in [0.25, 0.3) is 5.56 Å². The van der Waals surface area contributed by atoms with Crippen LogP contribution in [0.4, 0.5) is 10.5 Å². The number of carbonyl (C=O) groups is 2. The number of carbonyl (C=O) groups excluding carboxylic acids is 2. The van der Waals surface area contributed by atoms with Crippen LogP contribution in [0.2, 0.25) is 0 Å². The SMILES string of the molecule is CSCCC(NC(=O)OC(C)(C)C)C(=O)Nc1cccc(-c2ccc(=O)[nH]n2)c1. The first-order valence-corrected chi connectivity index (χ1v) is 10.5. The minimum Gasteiger partial charge on any atom is -0.444 e. The van der Waals surface area contributed by atoms with Gasteiger partial charge in [-0.15, -0.1) is 0 Å². The van der Waals surface area contributed by atoms with Crippen molar-refractivity contribution in [1.82, 2.24) is 15.5 Å². The van der Waals surface area contributed by atoms with Crippen molar-refractivity contribution in [2.75, 3.05) is 17.3 Å². The number of anilines is 1. The molecule has 3 N–H and O–H groups in total. The molecule has 1 unspecified atom stereocenters. The summed E-state index contributed by atoms with van der Waals surface area (Å²) in [5, 5.41) is 11.8. The van der Waals surface area contributed by atoms with E-state index in [1.165, 1.54) is 6.07 Å². The first-order chi connectivity index (χ1) is 13.7. The Kier molecular flexibility index (Phi) is 7.83. The van der Waals surface area contributed by atoms with E-state index >= 15 is 0 Å². The van der Waals surface area contributed by atoms with Crippen molar-refractivity contribution in [1.29, 1.82) is 0 Å². The van der Waals surface area contributed by atoms with Gasteiger partial charge in [-0.2, -0.15) is 16.9 Å². The molecule has 1 aromatic heterocycles. The van der Waals surface area contributed by atoms with Gasteiger partial charge in [0, 0.05) is 17.3 Å². The Morgan fingerprint density at radius 3 is 2.62 bits per heavy atom. The highest BCUT2D eigenvalue weighted by Gasteiger charge is 2.24. The Bertz CT molecular complexity index is 887. The molecule has 0 spiro atoms. The summed E-state index contributed by atoms with van der Waals surface area (Å²) in [6.07, 6.45) is 1.77. The van der Waals surface area contributed by atoms with E-state index in [-0.39, 0.29) is 11.5 Å². The summed E-state index contributed by atoms with van der Waals surface area (Å²) in [6, 6.07) is 9.34. The highest BCUT2D eigenvalue weighted by atomic mass is 32.2. The van der Waals surface area contributed by atoms with Gasteiger partial charge in [-0.25, -0.2) is 9.89 Å². The number of alkyl carbamates (subject to hydrolysis) is 1. The van der Waals surface area contributed by atoms with Gasteiger partial charge < -0.3 is 15.4 Å². The number of hydrogen-bond donors (Lipinski definition) is 3. The maximum absolute atomic E-state index is 12.8. The average Bonchev–Trinajstić information content (AvgIpc) is 2.64. The van der Waals surface area contributed by atoms with Crippen molar-refractivity contribution in [3.05, 3.63) is 46.8 Å². The van der Waals surface area contributed by atoms with Crippen LogP contribution < -0.4 is 16.2 Å². The lowest BCUT2D eigenvalue weighted by Gasteiger charge is -2.23. The van der Waals surface area contributed by atoms with Gasteiger partial charge in [-0.05, 0) is 57.4 Å². The summed E-state index contributed by atoms with van der Waals surface area (Å²) in [6.45, 7) is 5.29. The molecule has 2 amide bonds. The lowest BCUT2D eigenvalue weighted by molar-refractivity contribution is -0.118. The number of H-pyrrole nitrogens is 1. The number of rotatable bonds is 7. The molecular formula is C20H26N4O4S. The normalized spacial score (nSPS) is 12.1. The van der Waals surface area contributed by atoms with E-state index in [0.717, 1.165) is 5.56 Å². The van der Waals surface area contributed by atoms with E-state index in [0.29, 0.717) is 23.6 Å². The van der Waals surface area contributed by atoms with Crippen LogP contribution >= 0.6 is 11.8 Å². The molecule has 1 aromatic carbocycles. The third-order valence-electron chi connectivity index (χ3n) is 3.72. The third-order valence-corrected chi connectivity index (χ3v) is 4.37. The largest absolute Gasteiger partial charge is 0.444 e. The third kappa shape index (κ3) is 7.61. The van der Waals surface area contributed by atoms with Gasteiger partial charge >= 0.3 is 6.09 Å². The number of ether oxygens (including phenoxy) is 1. The molecule has 9 heteroatoms. The zero-order valence-electron chi connectivity index (χ0n) is 16.9. The summed E-state index contributed by atoms with van der Waals surface area (Å²) in [4.78, 5) is 36.0. The van der Waals surface area contributed by atoms with E-state index in [1.807, 2.05) is 12.3 Å². The van der Waals surface area contributed by atoms with Crippen molar-refractivity contribution in [3.63, 3.8) is 0 Å². The number of benzene rings is 1. The van der Waals surface area contributed by atoms with Crippen LogP contribution in [-0.4, -0.2) is 45.8 Å².